The number of hydrogen-bond donors (Lipinski definition) is 5. The van der Waals surface area contributed by atoms with Crippen LogP contribution in [0.2, 0.25) is 0 Å². The Morgan fingerprint density at radius 3 is 1.20 bits per heavy atom. The maximum Gasteiger partial charge on any atom is 0.134 e. The zero-order chi connectivity index (χ0) is 45.7. The SMILES string of the molecule is CCN(C)CN.CCN(C)C[N+](C)(C)C.CCNC.CCNCNC.CCOCC(O)C[N+](C)(C)C.CCSC.CC[N+](C)(C)C.CC[N+](C)(C)CN(C)C. The van der Waals surface area contributed by atoms with Crippen LogP contribution in [0.25, 0.3) is 0 Å². The van der Waals surface area contributed by atoms with Gasteiger partial charge in [0, 0.05) is 26.5 Å². The van der Waals surface area contributed by atoms with Crippen LogP contribution in [0.4, 0.5) is 0 Å². The summed E-state index contributed by atoms with van der Waals surface area (Å²) >= 11 is 1.86. The summed E-state index contributed by atoms with van der Waals surface area (Å²) in [6, 6.07) is 0. The van der Waals surface area contributed by atoms with Gasteiger partial charge in [0.05, 0.1) is 97.2 Å². The van der Waals surface area contributed by atoms with Gasteiger partial charge in [-0.1, -0.05) is 34.6 Å². The summed E-state index contributed by atoms with van der Waals surface area (Å²) < 4.78 is 9.02. The maximum atomic E-state index is 9.38. The van der Waals surface area contributed by atoms with Crippen molar-refractivity contribution in [3.05, 3.63) is 0 Å². The van der Waals surface area contributed by atoms with E-state index in [4.69, 9.17) is 10.5 Å². The van der Waals surface area contributed by atoms with Crippen LogP contribution in [-0.2, 0) is 4.74 Å². The summed E-state index contributed by atoms with van der Waals surface area (Å²) in [6.07, 6.45) is 1.76. The lowest BCUT2D eigenvalue weighted by Crippen LogP contribution is -2.45. The number of nitrogens with zero attached hydrogens (tertiary/aromatic N) is 7. The van der Waals surface area contributed by atoms with Crippen molar-refractivity contribution in [3.63, 3.8) is 0 Å². The Balaban J connectivity index is -0.0000000782. The lowest BCUT2D eigenvalue weighted by atomic mass is 10.3. The van der Waals surface area contributed by atoms with Crippen LogP contribution in [0.1, 0.15) is 55.4 Å². The van der Waals surface area contributed by atoms with Crippen LogP contribution in [0.5, 0.6) is 0 Å². The molecule has 0 aromatic carbocycles. The van der Waals surface area contributed by atoms with Gasteiger partial charge in [0.2, 0.25) is 0 Å². The second-order valence-electron chi connectivity index (χ2n) is 17.2. The number of rotatable bonds is 19. The minimum absolute atomic E-state index is 0.338. The predicted octanol–water partition coefficient (Wildman–Crippen LogP) is 3.23. The number of thioether (sulfide) groups is 1. The molecule has 1 atom stereocenters. The topological polar surface area (TPSA) is 101 Å². The van der Waals surface area contributed by atoms with Crippen LogP contribution in [0.15, 0.2) is 0 Å². The van der Waals surface area contributed by atoms with E-state index in [9.17, 15) is 5.11 Å². The highest BCUT2D eigenvalue weighted by molar-refractivity contribution is 7.98. The molecule has 0 heterocycles. The summed E-state index contributed by atoms with van der Waals surface area (Å²) in [5.41, 5.74) is 5.21. The third kappa shape index (κ3) is 113. The van der Waals surface area contributed by atoms with E-state index >= 15 is 0 Å². The van der Waals surface area contributed by atoms with Crippen molar-refractivity contribution in [1.82, 2.24) is 30.7 Å². The van der Waals surface area contributed by atoms with Crippen molar-refractivity contribution < 1.29 is 27.8 Å². The molecule has 0 amide bonds. The molecule has 6 N–H and O–H groups in total. The number of likely N-dealkylation sites (N-methyl/N-ethyl adjacent to an activating group) is 1. The van der Waals surface area contributed by atoms with E-state index in [1.54, 1.807) is 0 Å². The molecule has 0 saturated carbocycles. The molecule has 1 unspecified atom stereocenters. The molecule has 0 aromatic heterocycles. The summed E-state index contributed by atoms with van der Waals surface area (Å²) in [7, 11) is 36.0. The van der Waals surface area contributed by atoms with Crippen LogP contribution < -0.4 is 21.7 Å². The third-order valence-corrected chi connectivity index (χ3v) is 7.57. The minimum Gasteiger partial charge on any atom is -0.385 e. The fraction of sp³-hybridized carbons (Fsp3) is 1.00. The van der Waals surface area contributed by atoms with E-state index in [1.807, 2.05) is 44.7 Å². The molecular formula is C41H113N11O2S+4. The van der Waals surface area contributed by atoms with Crippen LogP contribution in [-0.4, -0.2) is 261 Å². The largest absolute Gasteiger partial charge is 0.385 e. The Morgan fingerprint density at radius 1 is 0.655 bits per heavy atom. The zero-order valence-electron chi connectivity index (χ0n) is 42.9. The fourth-order valence-corrected chi connectivity index (χ4v) is 3.01. The highest BCUT2D eigenvalue weighted by Crippen LogP contribution is 1.96. The van der Waals surface area contributed by atoms with Gasteiger partial charge < -0.3 is 49.5 Å². The summed E-state index contributed by atoms with van der Waals surface area (Å²) in [5.74, 6) is 1.24. The van der Waals surface area contributed by atoms with E-state index in [1.165, 1.54) is 18.8 Å². The maximum absolute atomic E-state index is 9.38. The first-order valence-corrected chi connectivity index (χ1v) is 22.1. The first-order valence-electron chi connectivity index (χ1n) is 20.7. The van der Waals surface area contributed by atoms with Gasteiger partial charge in [0.1, 0.15) is 26.0 Å². The number of quaternary nitrogens is 4. The summed E-state index contributed by atoms with van der Waals surface area (Å²) in [5, 5.41) is 18.4. The van der Waals surface area contributed by atoms with Crippen molar-refractivity contribution in [3.8, 4) is 0 Å². The summed E-state index contributed by atoms with van der Waals surface area (Å²) in [4.78, 5) is 6.55. The molecule has 0 aliphatic rings. The normalized spacial score (nSPS) is 11.6. The molecular weight excluding hydrogens is 711 g/mol. The van der Waals surface area contributed by atoms with Gasteiger partial charge in [-0.15, -0.1) is 0 Å². The van der Waals surface area contributed by atoms with Crippen molar-refractivity contribution in [1.29, 1.82) is 0 Å². The predicted molar refractivity (Wildman–Crippen MR) is 255 cm³/mol. The third-order valence-electron chi connectivity index (χ3n) is 6.99. The molecule has 0 bridgehead atoms. The quantitative estimate of drug-likeness (QED) is 0.0760. The van der Waals surface area contributed by atoms with Crippen LogP contribution >= 0.6 is 11.8 Å². The van der Waals surface area contributed by atoms with E-state index < -0.39 is 0 Å². The Morgan fingerprint density at radius 2 is 1.07 bits per heavy atom. The Kier molecular flexibility index (Phi) is 65.8. The lowest BCUT2D eigenvalue weighted by molar-refractivity contribution is -0.897. The number of nitrogens with one attached hydrogen (secondary N) is 3. The van der Waals surface area contributed by atoms with Gasteiger partial charge in [-0.25, -0.2) is 0 Å². The molecule has 0 saturated heterocycles. The van der Waals surface area contributed by atoms with Crippen molar-refractivity contribution in [2.75, 3.05) is 218 Å². The van der Waals surface area contributed by atoms with E-state index in [2.05, 4.69) is 179 Å². The highest BCUT2D eigenvalue weighted by Gasteiger charge is 2.15. The molecule has 0 aromatic rings. The molecule has 0 radical (unpaired) electrons. The first-order chi connectivity index (χ1) is 25.0. The zero-order valence-corrected chi connectivity index (χ0v) is 43.8. The molecule has 0 rings (SSSR count). The molecule has 14 heteroatoms. The van der Waals surface area contributed by atoms with E-state index in [0.29, 0.717) is 19.9 Å². The average molecular weight is 824 g/mol. The number of ether oxygens (including phenoxy) is 1. The second kappa shape index (κ2) is 50.0. The number of nitrogens with two attached hydrogens (primary N) is 1. The van der Waals surface area contributed by atoms with Gasteiger partial charge in [-0.05, 0) is 94.7 Å². The second-order valence-corrected chi connectivity index (χ2v) is 18.4. The monoisotopic (exact) mass is 824 g/mol. The Hall–Kier alpha value is -0.170. The average Bonchev–Trinajstić information content (AvgIpc) is 3.08. The van der Waals surface area contributed by atoms with E-state index in [0.717, 1.165) is 70.7 Å². The number of aliphatic hydroxyl groups is 1. The molecule has 0 spiro atoms. The van der Waals surface area contributed by atoms with Crippen molar-refractivity contribution in [2.45, 2.75) is 61.5 Å². The number of aliphatic hydroxyl groups excluding tert-OH is 1. The van der Waals surface area contributed by atoms with Crippen LogP contribution in [0, 0.1) is 0 Å². The highest BCUT2D eigenvalue weighted by atomic mass is 32.2. The Bertz CT molecular complexity index is 644. The van der Waals surface area contributed by atoms with Gasteiger partial charge in [0.15, 0.2) is 0 Å². The lowest BCUT2D eigenvalue weighted by Gasteiger charge is -2.30. The molecule has 0 fully saturated rings. The van der Waals surface area contributed by atoms with Gasteiger partial charge in [-0.3, -0.25) is 14.7 Å². The fourth-order valence-electron chi connectivity index (χ4n) is 3.01. The number of hydrogen-bond acceptors (Lipinski definition) is 10. The Labute approximate surface area is 354 Å². The molecule has 13 nitrogen and oxygen atoms in total. The standard InChI is InChI=1S/C8H20NO2.2C7H19N2.C5H14N.2C4H12N2.C3H9N.C3H8S/c1-5-11-7-8(10)6-9(2,3)4;1-6-8(2)7-9(3,4)5;1-6-9(4,5)7-8(2)3;1-5-6(2,3)4;1-3-6(2)4-5;1-3-6-4-5-2;2*1-3-4-2/h8,10H,5-7H2,1-4H3;2*6-7H2,1-5H3;5H2,1-4H3;3-5H2,1-2H3;5-6H,3-4H2,1-2H3;4H,3H2,1-2H3;3H2,1-2H3/q4*+1;;;;. The van der Waals surface area contributed by atoms with Crippen molar-refractivity contribution in [2.24, 2.45) is 5.73 Å². The van der Waals surface area contributed by atoms with Crippen LogP contribution in [0.3, 0.4) is 0 Å². The smallest absolute Gasteiger partial charge is 0.134 e. The molecule has 0 aliphatic carbocycles. The van der Waals surface area contributed by atoms with Gasteiger partial charge in [0.25, 0.3) is 0 Å². The van der Waals surface area contributed by atoms with Gasteiger partial charge >= 0.3 is 0 Å². The molecule has 0 aliphatic heterocycles. The van der Waals surface area contributed by atoms with Gasteiger partial charge in [-0.2, -0.15) is 11.8 Å². The molecule has 346 valence electrons. The first kappa shape index (κ1) is 72.4. The minimum atomic E-state index is -0.338. The molecule has 55 heavy (non-hydrogen) atoms. The van der Waals surface area contributed by atoms with E-state index in [-0.39, 0.29) is 6.10 Å². The van der Waals surface area contributed by atoms with Crippen molar-refractivity contribution >= 4 is 11.8 Å². The summed E-state index contributed by atoms with van der Waals surface area (Å²) in [6.45, 7) is 29.2.